The van der Waals surface area contributed by atoms with Crippen LogP contribution < -0.4 is 11.1 Å². The van der Waals surface area contributed by atoms with E-state index in [9.17, 15) is 4.79 Å². The average molecular weight is 282 g/mol. The Balaban J connectivity index is 1.99. The second-order valence-corrected chi connectivity index (χ2v) is 6.28. The summed E-state index contributed by atoms with van der Waals surface area (Å²) in [5.41, 5.74) is 6.45. The molecule has 1 atom stereocenters. The Morgan fingerprint density at radius 1 is 1.58 bits per heavy atom. The number of carbonyl (C=O) groups is 1. The van der Waals surface area contributed by atoms with Gasteiger partial charge in [0.05, 0.1) is 5.41 Å². The molecule has 106 valence electrons. The van der Waals surface area contributed by atoms with Crippen LogP contribution in [0.3, 0.4) is 0 Å². The van der Waals surface area contributed by atoms with E-state index in [2.05, 4.69) is 30.6 Å². The van der Waals surface area contributed by atoms with E-state index in [-0.39, 0.29) is 11.9 Å². The topological polar surface area (TPSA) is 64.3 Å². The lowest BCUT2D eigenvalue weighted by Crippen LogP contribution is -2.48. The predicted octanol–water partition coefficient (Wildman–Crippen LogP) is 1.99. The van der Waals surface area contributed by atoms with Gasteiger partial charge in [0.1, 0.15) is 0 Å². The van der Waals surface area contributed by atoms with Crippen LogP contribution in [-0.4, -0.2) is 25.7 Å². The van der Waals surface area contributed by atoms with E-state index in [1.807, 2.05) is 0 Å². The lowest BCUT2D eigenvalue weighted by atomic mass is 9.79. The third-order valence-corrected chi connectivity index (χ3v) is 5.22. The van der Waals surface area contributed by atoms with Crippen molar-refractivity contribution in [2.24, 2.45) is 11.1 Å². The monoisotopic (exact) mass is 282 g/mol. The summed E-state index contributed by atoms with van der Waals surface area (Å²) < 4.78 is 5.34. The molecule has 1 aliphatic rings. The number of thiophene rings is 1. The molecular formula is C14H22N2O2S. The molecule has 1 aromatic heterocycles. The number of hydrogen-bond donors (Lipinski definition) is 2. The fourth-order valence-corrected chi connectivity index (χ4v) is 3.50. The SMILES string of the molecule is Cc1ccsc1[C@H](C)NCC1(C(N)=O)CCOCC1. The number of carbonyl (C=O) groups excluding carboxylic acids is 1. The number of ether oxygens (including phenoxy) is 1. The normalized spacial score (nSPS) is 20.1. The van der Waals surface area contributed by atoms with Crippen molar-refractivity contribution < 1.29 is 9.53 Å². The highest BCUT2D eigenvalue weighted by atomic mass is 32.1. The van der Waals surface area contributed by atoms with Crippen molar-refractivity contribution in [1.29, 1.82) is 0 Å². The fraction of sp³-hybridized carbons (Fsp3) is 0.643. The van der Waals surface area contributed by atoms with Crippen molar-refractivity contribution in [3.8, 4) is 0 Å². The molecule has 0 aromatic carbocycles. The summed E-state index contributed by atoms with van der Waals surface area (Å²) in [5, 5.41) is 5.57. The smallest absolute Gasteiger partial charge is 0.225 e. The van der Waals surface area contributed by atoms with Gasteiger partial charge < -0.3 is 15.8 Å². The number of nitrogens with one attached hydrogen (secondary N) is 1. The summed E-state index contributed by atoms with van der Waals surface area (Å²) in [4.78, 5) is 13.1. The van der Waals surface area contributed by atoms with Crippen LogP contribution in [0, 0.1) is 12.3 Å². The van der Waals surface area contributed by atoms with Crippen LogP contribution in [0.1, 0.15) is 36.2 Å². The van der Waals surface area contributed by atoms with Gasteiger partial charge in [-0.25, -0.2) is 0 Å². The second-order valence-electron chi connectivity index (χ2n) is 5.33. The van der Waals surface area contributed by atoms with Gasteiger partial charge in [-0.1, -0.05) is 0 Å². The number of hydrogen-bond acceptors (Lipinski definition) is 4. The zero-order valence-electron chi connectivity index (χ0n) is 11.6. The van der Waals surface area contributed by atoms with Gasteiger partial charge in [0.25, 0.3) is 0 Å². The molecule has 1 saturated heterocycles. The second kappa shape index (κ2) is 6.03. The summed E-state index contributed by atoms with van der Waals surface area (Å²) in [6, 6.07) is 2.37. The predicted molar refractivity (Wildman–Crippen MR) is 77.2 cm³/mol. The van der Waals surface area contributed by atoms with Crippen LogP contribution in [0.25, 0.3) is 0 Å². The molecule has 0 unspecified atom stereocenters. The molecule has 2 rings (SSSR count). The Labute approximate surface area is 118 Å². The van der Waals surface area contributed by atoms with Gasteiger partial charge in [0.15, 0.2) is 0 Å². The van der Waals surface area contributed by atoms with Crippen molar-refractivity contribution in [3.05, 3.63) is 21.9 Å². The Bertz CT molecular complexity index is 438. The van der Waals surface area contributed by atoms with E-state index in [1.54, 1.807) is 11.3 Å². The Morgan fingerprint density at radius 2 is 2.26 bits per heavy atom. The summed E-state index contributed by atoms with van der Waals surface area (Å²) in [7, 11) is 0. The third kappa shape index (κ3) is 3.16. The zero-order valence-corrected chi connectivity index (χ0v) is 12.4. The molecule has 0 saturated carbocycles. The summed E-state index contributed by atoms with van der Waals surface area (Å²) >= 11 is 1.75. The van der Waals surface area contributed by atoms with E-state index >= 15 is 0 Å². The number of amides is 1. The summed E-state index contributed by atoms with van der Waals surface area (Å²) in [6.07, 6.45) is 1.43. The largest absolute Gasteiger partial charge is 0.381 e. The third-order valence-electron chi connectivity index (χ3n) is 4.01. The van der Waals surface area contributed by atoms with E-state index in [4.69, 9.17) is 10.5 Å². The molecule has 19 heavy (non-hydrogen) atoms. The van der Waals surface area contributed by atoms with Crippen LogP contribution >= 0.6 is 11.3 Å². The van der Waals surface area contributed by atoms with Crippen molar-refractivity contribution in [2.45, 2.75) is 32.7 Å². The molecule has 1 aliphatic heterocycles. The molecule has 3 N–H and O–H groups in total. The highest BCUT2D eigenvalue weighted by molar-refractivity contribution is 7.10. The Hall–Kier alpha value is -0.910. The van der Waals surface area contributed by atoms with E-state index in [0.29, 0.717) is 32.6 Å². The number of primary amides is 1. The van der Waals surface area contributed by atoms with Gasteiger partial charge in [0, 0.05) is 30.7 Å². The van der Waals surface area contributed by atoms with Crippen LogP contribution in [0.4, 0.5) is 0 Å². The molecule has 2 heterocycles. The molecule has 4 nitrogen and oxygen atoms in total. The lowest BCUT2D eigenvalue weighted by Gasteiger charge is -2.35. The fourth-order valence-electron chi connectivity index (χ4n) is 2.54. The quantitative estimate of drug-likeness (QED) is 0.868. The van der Waals surface area contributed by atoms with Gasteiger partial charge in [-0.3, -0.25) is 4.79 Å². The molecular weight excluding hydrogens is 260 g/mol. The number of rotatable bonds is 5. The molecule has 1 fully saturated rings. The maximum atomic E-state index is 11.8. The van der Waals surface area contributed by atoms with Crippen molar-refractivity contribution in [1.82, 2.24) is 5.32 Å². The minimum absolute atomic E-state index is 0.210. The first-order valence-electron chi connectivity index (χ1n) is 6.70. The Kier molecular flexibility index (Phi) is 4.60. The van der Waals surface area contributed by atoms with E-state index in [0.717, 1.165) is 0 Å². The first-order valence-corrected chi connectivity index (χ1v) is 7.58. The molecule has 5 heteroatoms. The Morgan fingerprint density at radius 3 is 2.79 bits per heavy atom. The van der Waals surface area contributed by atoms with Crippen molar-refractivity contribution in [3.63, 3.8) is 0 Å². The average Bonchev–Trinajstić information content (AvgIpc) is 2.83. The summed E-state index contributed by atoms with van der Waals surface area (Å²) in [6.45, 7) is 6.12. The van der Waals surface area contributed by atoms with Gasteiger partial charge in [0.2, 0.25) is 5.91 Å². The van der Waals surface area contributed by atoms with Crippen LogP contribution in [0.15, 0.2) is 11.4 Å². The van der Waals surface area contributed by atoms with Crippen molar-refractivity contribution in [2.75, 3.05) is 19.8 Å². The van der Waals surface area contributed by atoms with Gasteiger partial charge in [-0.05, 0) is 43.7 Å². The number of aryl methyl sites for hydroxylation is 1. The van der Waals surface area contributed by atoms with E-state index in [1.165, 1.54) is 10.4 Å². The van der Waals surface area contributed by atoms with Gasteiger partial charge >= 0.3 is 0 Å². The zero-order chi connectivity index (χ0) is 13.9. The minimum atomic E-state index is -0.447. The molecule has 1 aromatic rings. The first-order chi connectivity index (χ1) is 9.05. The van der Waals surface area contributed by atoms with Crippen LogP contribution in [-0.2, 0) is 9.53 Å². The maximum Gasteiger partial charge on any atom is 0.225 e. The molecule has 0 bridgehead atoms. The lowest BCUT2D eigenvalue weighted by molar-refractivity contribution is -0.133. The van der Waals surface area contributed by atoms with Crippen molar-refractivity contribution >= 4 is 17.2 Å². The standard InChI is InChI=1S/C14H22N2O2S/c1-10-3-8-19-12(10)11(2)16-9-14(13(15)17)4-6-18-7-5-14/h3,8,11,16H,4-7,9H2,1-2H3,(H2,15,17)/t11-/m0/s1. The van der Waals surface area contributed by atoms with Gasteiger partial charge in [-0.15, -0.1) is 11.3 Å². The van der Waals surface area contributed by atoms with E-state index < -0.39 is 5.41 Å². The minimum Gasteiger partial charge on any atom is -0.381 e. The van der Waals surface area contributed by atoms with Crippen LogP contribution in [0.5, 0.6) is 0 Å². The molecule has 1 amide bonds. The maximum absolute atomic E-state index is 11.8. The first kappa shape index (κ1) is 14.5. The molecule has 0 radical (unpaired) electrons. The van der Waals surface area contributed by atoms with Crippen LogP contribution in [0.2, 0.25) is 0 Å². The summed E-state index contributed by atoms with van der Waals surface area (Å²) in [5.74, 6) is -0.210. The van der Waals surface area contributed by atoms with Gasteiger partial charge in [-0.2, -0.15) is 0 Å². The molecule has 0 aliphatic carbocycles. The highest BCUT2D eigenvalue weighted by Gasteiger charge is 2.38. The highest BCUT2D eigenvalue weighted by Crippen LogP contribution is 2.31. The molecule has 0 spiro atoms. The number of nitrogens with two attached hydrogens (primary N) is 1.